The zero-order chi connectivity index (χ0) is 22.1. The molecule has 1 saturated heterocycles. The van der Waals surface area contributed by atoms with Crippen molar-refractivity contribution in [3.63, 3.8) is 0 Å². The Labute approximate surface area is 187 Å². The molecule has 0 spiro atoms. The van der Waals surface area contributed by atoms with Crippen LogP contribution in [0.1, 0.15) is 24.8 Å². The number of morpholine rings is 1. The third-order valence-electron chi connectivity index (χ3n) is 6.03. The van der Waals surface area contributed by atoms with Crippen LogP contribution in [0.5, 0.6) is 5.75 Å². The minimum atomic E-state index is -3.79. The first-order chi connectivity index (χ1) is 14.9. The zero-order valence-corrected chi connectivity index (χ0v) is 18.8. The zero-order valence-electron chi connectivity index (χ0n) is 17.3. The van der Waals surface area contributed by atoms with E-state index in [-0.39, 0.29) is 29.6 Å². The van der Waals surface area contributed by atoms with Gasteiger partial charge in [-0.3, -0.25) is 4.79 Å². The van der Waals surface area contributed by atoms with Crippen LogP contribution >= 0.6 is 11.6 Å². The number of nitrogens with one attached hydrogen (secondary N) is 1. The van der Waals surface area contributed by atoms with Crippen molar-refractivity contribution in [2.24, 2.45) is 0 Å². The van der Waals surface area contributed by atoms with Crippen molar-refractivity contribution < 1.29 is 22.7 Å². The van der Waals surface area contributed by atoms with E-state index in [9.17, 15) is 13.2 Å². The molecule has 1 heterocycles. The first-order valence-electron chi connectivity index (χ1n) is 10.2. The molecule has 1 saturated carbocycles. The summed E-state index contributed by atoms with van der Waals surface area (Å²) in [7, 11) is -2.36. The Balaban J connectivity index is 1.63. The minimum absolute atomic E-state index is 0.0279. The summed E-state index contributed by atoms with van der Waals surface area (Å²) in [6.45, 7) is 1.25. The third-order valence-corrected chi connectivity index (χ3v) is 8.18. The highest BCUT2D eigenvalue weighted by Crippen LogP contribution is 2.45. The average Bonchev–Trinajstić information content (AvgIpc) is 2.73. The molecule has 2 aromatic rings. The second-order valence-electron chi connectivity index (χ2n) is 7.78. The number of rotatable bonds is 6. The van der Waals surface area contributed by atoms with E-state index in [2.05, 4.69) is 5.32 Å². The lowest BCUT2D eigenvalue weighted by atomic mass is 9.64. The molecule has 31 heavy (non-hydrogen) atoms. The second-order valence-corrected chi connectivity index (χ2v) is 10.1. The molecular weight excluding hydrogens is 440 g/mol. The predicted molar refractivity (Wildman–Crippen MR) is 118 cm³/mol. The minimum Gasteiger partial charge on any atom is -0.495 e. The largest absolute Gasteiger partial charge is 0.495 e. The first-order valence-corrected chi connectivity index (χ1v) is 12.0. The van der Waals surface area contributed by atoms with Gasteiger partial charge in [-0.25, -0.2) is 8.42 Å². The lowest BCUT2D eigenvalue weighted by Gasteiger charge is -2.40. The summed E-state index contributed by atoms with van der Waals surface area (Å²) in [6, 6.07) is 12.0. The fourth-order valence-corrected chi connectivity index (χ4v) is 5.88. The SMILES string of the molecule is COc1ccc(NC(=O)C2(c3cccc(Cl)c3)CCC2)cc1S(=O)(=O)N1CCOCC1. The standard InChI is InChI=1S/C22H25ClN2O5S/c1-29-19-7-6-18(15-20(19)31(27,28)25-10-12-30-13-11-25)24-21(26)22(8-3-9-22)16-4-2-5-17(23)14-16/h2,4-7,14-15H,3,8-13H2,1H3,(H,24,26). The molecule has 0 radical (unpaired) electrons. The number of nitrogens with zero attached hydrogens (tertiary/aromatic N) is 1. The lowest BCUT2D eigenvalue weighted by molar-refractivity contribution is -0.124. The number of carbonyl (C=O) groups is 1. The molecule has 166 valence electrons. The molecule has 4 rings (SSSR count). The van der Waals surface area contributed by atoms with Crippen LogP contribution < -0.4 is 10.1 Å². The van der Waals surface area contributed by atoms with Gasteiger partial charge < -0.3 is 14.8 Å². The highest BCUT2D eigenvalue weighted by atomic mass is 35.5. The molecule has 1 aliphatic heterocycles. The van der Waals surface area contributed by atoms with Crippen molar-refractivity contribution in [3.05, 3.63) is 53.1 Å². The van der Waals surface area contributed by atoms with Gasteiger partial charge in [0.05, 0.1) is 25.7 Å². The molecule has 9 heteroatoms. The number of ether oxygens (including phenoxy) is 2. The molecule has 2 aromatic carbocycles. The molecule has 0 aromatic heterocycles. The Morgan fingerprint density at radius 2 is 1.90 bits per heavy atom. The van der Waals surface area contributed by atoms with Crippen molar-refractivity contribution in [3.8, 4) is 5.75 Å². The maximum atomic E-state index is 13.3. The van der Waals surface area contributed by atoms with E-state index in [0.717, 1.165) is 12.0 Å². The number of amides is 1. The number of hydrogen-bond acceptors (Lipinski definition) is 5. The molecule has 7 nitrogen and oxygen atoms in total. The molecular formula is C22H25ClN2O5S. The Kier molecular flexibility index (Phi) is 6.25. The van der Waals surface area contributed by atoms with Gasteiger partial charge in [0.1, 0.15) is 10.6 Å². The highest BCUT2D eigenvalue weighted by Gasteiger charge is 2.45. The summed E-state index contributed by atoms with van der Waals surface area (Å²) in [4.78, 5) is 13.3. The molecule has 1 aliphatic carbocycles. The van der Waals surface area contributed by atoms with E-state index in [1.807, 2.05) is 18.2 Å². The van der Waals surface area contributed by atoms with Crippen LogP contribution in [0.25, 0.3) is 0 Å². The summed E-state index contributed by atoms with van der Waals surface area (Å²) >= 11 is 6.15. The van der Waals surface area contributed by atoms with Crippen LogP contribution in [0.15, 0.2) is 47.4 Å². The van der Waals surface area contributed by atoms with Crippen molar-refractivity contribution in [1.29, 1.82) is 0 Å². The van der Waals surface area contributed by atoms with E-state index in [4.69, 9.17) is 21.1 Å². The van der Waals surface area contributed by atoms with Gasteiger partial charge in [0.25, 0.3) is 0 Å². The van der Waals surface area contributed by atoms with Gasteiger partial charge in [-0.15, -0.1) is 0 Å². The van der Waals surface area contributed by atoms with Crippen LogP contribution in [0, 0.1) is 0 Å². The van der Waals surface area contributed by atoms with E-state index in [1.54, 1.807) is 18.2 Å². The number of sulfonamides is 1. The predicted octanol–water partition coefficient (Wildman–Crippen LogP) is 3.43. The van der Waals surface area contributed by atoms with Crippen molar-refractivity contribution in [2.45, 2.75) is 29.6 Å². The van der Waals surface area contributed by atoms with E-state index < -0.39 is 15.4 Å². The topological polar surface area (TPSA) is 84.9 Å². The maximum Gasteiger partial charge on any atom is 0.246 e. The van der Waals surface area contributed by atoms with Gasteiger partial charge in [0.2, 0.25) is 15.9 Å². The Morgan fingerprint density at radius 1 is 1.16 bits per heavy atom. The van der Waals surface area contributed by atoms with Gasteiger partial charge in [-0.05, 0) is 48.7 Å². The summed E-state index contributed by atoms with van der Waals surface area (Å²) in [6.07, 6.45) is 2.38. The number of benzene rings is 2. The monoisotopic (exact) mass is 464 g/mol. The fourth-order valence-electron chi connectivity index (χ4n) is 4.10. The van der Waals surface area contributed by atoms with Gasteiger partial charge in [-0.1, -0.05) is 30.2 Å². The van der Waals surface area contributed by atoms with Gasteiger partial charge in [0, 0.05) is 23.8 Å². The summed E-state index contributed by atoms with van der Waals surface area (Å²) in [5.41, 5.74) is 0.623. The summed E-state index contributed by atoms with van der Waals surface area (Å²) in [5.74, 6) is 0.0681. The lowest BCUT2D eigenvalue weighted by Crippen LogP contribution is -2.46. The molecule has 2 fully saturated rings. The number of anilines is 1. The summed E-state index contributed by atoms with van der Waals surface area (Å²) < 4.78 is 38.3. The smallest absolute Gasteiger partial charge is 0.246 e. The van der Waals surface area contributed by atoms with Gasteiger partial charge in [0.15, 0.2) is 0 Å². The third kappa shape index (κ3) is 4.17. The molecule has 2 aliphatic rings. The quantitative estimate of drug-likeness (QED) is 0.708. The van der Waals surface area contributed by atoms with Crippen molar-refractivity contribution in [1.82, 2.24) is 4.31 Å². The van der Waals surface area contributed by atoms with Gasteiger partial charge in [-0.2, -0.15) is 4.31 Å². The van der Waals surface area contributed by atoms with Crippen LogP contribution in [0.2, 0.25) is 5.02 Å². The fraction of sp³-hybridized carbons (Fsp3) is 0.409. The average molecular weight is 465 g/mol. The molecule has 0 bridgehead atoms. The molecule has 0 unspecified atom stereocenters. The Morgan fingerprint density at radius 3 is 2.52 bits per heavy atom. The molecule has 0 atom stereocenters. The Bertz CT molecular complexity index is 1080. The number of hydrogen-bond donors (Lipinski definition) is 1. The number of halogens is 1. The molecule has 1 amide bonds. The first kappa shape index (κ1) is 22.1. The van der Waals surface area contributed by atoms with E-state index in [0.29, 0.717) is 36.8 Å². The van der Waals surface area contributed by atoms with E-state index >= 15 is 0 Å². The molecule has 1 N–H and O–H groups in total. The maximum absolute atomic E-state index is 13.3. The normalized spacial score (nSPS) is 18.8. The van der Waals surface area contributed by atoms with Crippen LogP contribution in [-0.2, 0) is 25.0 Å². The number of carbonyl (C=O) groups excluding carboxylic acids is 1. The van der Waals surface area contributed by atoms with Crippen molar-refractivity contribution in [2.75, 3.05) is 38.7 Å². The van der Waals surface area contributed by atoms with E-state index in [1.165, 1.54) is 17.5 Å². The van der Waals surface area contributed by atoms with Gasteiger partial charge >= 0.3 is 0 Å². The Hall–Kier alpha value is -2.13. The van der Waals surface area contributed by atoms with Crippen LogP contribution in [-0.4, -0.2) is 52.0 Å². The van der Waals surface area contributed by atoms with Crippen LogP contribution in [0.4, 0.5) is 5.69 Å². The van der Waals surface area contributed by atoms with Crippen LogP contribution in [0.3, 0.4) is 0 Å². The van der Waals surface area contributed by atoms with Crippen molar-refractivity contribution >= 4 is 33.2 Å². The number of methoxy groups -OCH3 is 1. The second kappa shape index (κ2) is 8.78. The summed E-state index contributed by atoms with van der Waals surface area (Å²) in [5, 5.41) is 3.51. The highest BCUT2D eigenvalue weighted by molar-refractivity contribution is 7.89.